The Morgan fingerprint density at radius 3 is 2.54 bits per heavy atom. The van der Waals surface area contributed by atoms with Crippen molar-refractivity contribution in [3.8, 4) is 5.69 Å². The van der Waals surface area contributed by atoms with Crippen molar-refractivity contribution in [3.63, 3.8) is 0 Å². The van der Waals surface area contributed by atoms with Crippen molar-refractivity contribution < 1.29 is 0 Å². The summed E-state index contributed by atoms with van der Waals surface area (Å²) in [4.78, 5) is 2.16. The zero-order valence-electron chi connectivity index (χ0n) is 14.2. The highest BCUT2D eigenvalue weighted by atomic mass is 32.1. The van der Waals surface area contributed by atoms with Crippen LogP contribution in [-0.2, 0) is 13.2 Å². The molecule has 0 radical (unpaired) electrons. The Morgan fingerprint density at radius 2 is 1.79 bits per heavy atom. The Bertz CT molecular complexity index is 882. The third-order valence-electron chi connectivity index (χ3n) is 3.90. The van der Waals surface area contributed by atoms with E-state index in [0.29, 0.717) is 11.4 Å². The molecule has 5 nitrogen and oxygen atoms in total. The quantitative estimate of drug-likeness (QED) is 0.667. The fourth-order valence-electron chi connectivity index (χ4n) is 2.64. The molecule has 0 bridgehead atoms. The summed E-state index contributed by atoms with van der Waals surface area (Å²) in [7, 11) is 2.05. The van der Waals surface area contributed by atoms with E-state index >= 15 is 0 Å². The molecule has 6 heteroatoms. The first-order valence-electron chi connectivity index (χ1n) is 7.87. The molecule has 0 aliphatic carbocycles. The third-order valence-corrected chi connectivity index (χ3v) is 4.29. The van der Waals surface area contributed by atoms with E-state index in [1.165, 1.54) is 11.1 Å². The van der Waals surface area contributed by atoms with Crippen molar-refractivity contribution in [2.45, 2.75) is 27.1 Å². The molecule has 0 unspecified atom stereocenters. The number of nitrogens with zero attached hydrogens (tertiary/aromatic N) is 5. The number of hydrogen-bond acceptors (Lipinski definition) is 4. The van der Waals surface area contributed by atoms with Gasteiger partial charge in [-0.3, -0.25) is 4.90 Å². The zero-order chi connectivity index (χ0) is 17.1. The van der Waals surface area contributed by atoms with Crippen molar-refractivity contribution in [2.24, 2.45) is 0 Å². The molecule has 0 amide bonds. The van der Waals surface area contributed by atoms with Gasteiger partial charge in [-0.2, -0.15) is 4.68 Å². The van der Waals surface area contributed by atoms with E-state index in [4.69, 9.17) is 12.2 Å². The molecular formula is C18H21N5S. The summed E-state index contributed by atoms with van der Waals surface area (Å²) < 4.78 is 4.08. The summed E-state index contributed by atoms with van der Waals surface area (Å²) >= 11 is 5.57. The molecule has 1 heterocycles. The molecule has 124 valence electrons. The van der Waals surface area contributed by atoms with E-state index in [0.717, 1.165) is 17.8 Å². The van der Waals surface area contributed by atoms with Crippen molar-refractivity contribution >= 4 is 12.2 Å². The minimum absolute atomic E-state index is 0.596. The fraction of sp³-hybridized carbons (Fsp3) is 0.278. The number of benzene rings is 2. The summed E-state index contributed by atoms with van der Waals surface area (Å²) in [6, 6.07) is 16.6. The van der Waals surface area contributed by atoms with Crippen LogP contribution in [0, 0.1) is 18.6 Å². The molecular weight excluding hydrogens is 318 g/mol. The lowest BCUT2D eigenvalue weighted by atomic mass is 10.1. The van der Waals surface area contributed by atoms with Gasteiger partial charge in [-0.15, -0.1) is 0 Å². The molecule has 0 fully saturated rings. The topological polar surface area (TPSA) is 38.9 Å². The van der Waals surface area contributed by atoms with Crippen molar-refractivity contribution in [3.05, 3.63) is 70.0 Å². The zero-order valence-corrected chi connectivity index (χ0v) is 15.0. The number of hydrogen-bond donors (Lipinski definition) is 0. The molecule has 0 aliphatic heterocycles. The maximum absolute atomic E-state index is 5.57. The highest BCUT2D eigenvalue weighted by molar-refractivity contribution is 7.71. The number of tetrazole rings is 1. The van der Waals surface area contributed by atoms with Crippen molar-refractivity contribution in [1.82, 2.24) is 24.7 Å². The molecule has 2 aromatic carbocycles. The van der Waals surface area contributed by atoms with Gasteiger partial charge in [0.15, 0.2) is 0 Å². The summed E-state index contributed by atoms with van der Waals surface area (Å²) in [6.45, 7) is 5.54. The molecule has 0 spiro atoms. The molecule has 0 atom stereocenters. The average Bonchev–Trinajstić information content (AvgIpc) is 2.91. The van der Waals surface area contributed by atoms with Crippen LogP contribution in [-0.4, -0.2) is 31.7 Å². The minimum Gasteiger partial charge on any atom is -0.283 e. The minimum atomic E-state index is 0.596. The predicted molar refractivity (Wildman–Crippen MR) is 97.6 cm³/mol. The second-order valence-corrected chi connectivity index (χ2v) is 6.47. The van der Waals surface area contributed by atoms with E-state index in [1.54, 1.807) is 9.36 Å². The Hall–Kier alpha value is -2.31. The van der Waals surface area contributed by atoms with Gasteiger partial charge in [0, 0.05) is 6.54 Å². The average molecular weight is 339 g/mol. The summed E-state index contributed by atoms with van der Waals surface area (Å²) in [5, 5.41) is 8.48. The van der Waals surface area contributed by atoms with Crippen molar-refractivity contribution in [2.75, 3.05) is 7.05 Å². The smallest absolute Gasteiger partial charge is 0.221 e. The maximum atomic E-state index is 5.57. The van der Waals surface area contributed by atoms with Crippen LogP contribution in [0.25, 0.3) is 5.69 Å². The lowest BCUT2D eigenvalue weighted by Gasteiger charge is -2.15. The largest absolute Gasteiger partial charge is 0.283 e. The first kappa shape index (κ1) is 16.5. The Kier molecular flexibility index (Phi) is 4.87. The van der Waals surface area contributed by atoms with Gasteiger partial charge in [0.2, 0.25) is 4.77 Å². The first-order chi connectivity index (χ1) is 11.5. The van der Waals surface area contributed by atoms with Crippen LogP contribution in [0.2, 0.25) is 0 Å². The molecule has 0 N–H and O–H groups in total. The van der Waals surface area contributed by atoms with E-state index in [2.05, 4.69) is 59.5 Å². The van der Waals surface area contributed by atoms with E-state index in [1.807, 2.05) is 25.2 Å². The molecule has 24 heavy (non-hydrogen) atoms. The number of rotatable bonds is 5. The molecule has 1 aromatic heterocycles. The van der Waals surface area contributed by atoms with Gasteiger partial charge in [0.05, 0.1) is 12.4 Å². The summed E-state index contributed by atoms with van der Waals surface area (Å²) in [5.74, 6) is 0. The lowest BCUT2D eigenvalue weighted by molar-refractivity contribution is 0.242. The van der Waals surface area contributed by atoms with Crippen LogP contribution in [0.15, 0.2) is 48.5 Å². The van der Waals surface area contributed by atoms with Crippen LogP contribution < -0.4 is 0 Å². The van der Waals surface area contributed by atoms with Gasteiger partial charge in [0.25, 0.3) is 0 Å². The lowest BCUT2D eigenvalue weighted by Crippen LogP contribution is -2.22. The number of aromatic nitrogens is 4. The summed E-state index contributed by atoms with van der Waals surface area (Å²) in [6.07, 6.45) is 0. The predicted octanol–water partition coefficient (Wildman–Crippen LogP) is 3.50. The highest BCUT2D eigenvalue weighted by Crippen LogP contribution is 2.15. The van der Waals surface area contributed by atoms with Gasteiger partial charge in [0.1, 0.15) is 0 Å². The van der Waals surface area contributed by atoms with Gasteiger partial charge in [-0.05, 0) is 66.3 Å². The highest BCUT2D eigenvalue weighted by Gasteiger charge is 2.10. The van der Waals surface area contributed by atoms with Crippen LogP contribution in [0.4, 0.5) is 0 Å². The van der Waals surface area contributed by atoms with Gasteiger partial charge >= 0.3 is 0 Å². The summed E-state index contributed by atoms with van der Waals surface area (Å²) in [5.41, 5.74) is 4.54. The van der Waals surface area contributed by atoms with Crippen LogP contribution >= 0.6 is 12.2 Å². The van der Waals surface area contributed by atoms with E-state index < -0.39 is 0 Å². The molecule has 3 rings (SSSR count). The van der Waals surface area contributed by atoms with Gasteiger partial charge < -0.3 is 0 Å². The first-order valence-corrected chi connectivity index (χ1v) is 8.28. The molecule has 0 saturated heterocycles. The van der Waals surface area contributed by atoms with E-state index in [-0.39, 0.29) is 0 Å². The van der Waals surface area contributed by atoms with Gasteiger partial charge in [-0.25, -0.2) is 4.68 Å². The fourth-order valence-corrected chi connectivity index (χ4v) is 2.86. The Morgan fingerprint density at radius 1 is 1.04 bits per heavy atom. The molecule has 3 aromatic rings. The third kappa shape index (κ3) is 3.60. The van der Waals surface area contributed by atoms with E-state index in [9.17, 15) is 0 Å². The Labute approximate surface area is 147 Å². The van der Waals surface area contributed by atoms with Crippen LogP contribution in [0.1, 0.15) is 16.7 Å². The Balaban J connectivity index is 1.80. The van der Waals surface area contributed by atoms with Crippen LogP contribution in [0.5, 0.6) is 0 Å². The second-order valence-electron chi connectivity index (χ2n) is 6.10. The van der Waals surface area contributed by atoms with Gasteiger partial charge in [-0.1, -0.05) is 42.5 Å². The second kappa shape index (κ2) is 7.07. The van der Waals surface area contributed by atoms with Crippen molar-refractivity contribution in [1.29, 1.82) is 0 Å². The van der Waals surface area contributed by atoms with Crippen LogP contribution in [0.3, 0.4) is 0 Å². The number of aryl methyl sites for hydroxylation is 2. The monoisotopic (exact) mass is 339 g/mol. The SMILES string of the molecule is Cc1ccc(C)c(-n2nnn(CN(C)Cc3ccccc3)c2=S)c1. The molecule has 0 aliphatic rings. The standard InChI is InChI=1S/C18H21N5S/c1-14-9-10-15(2)17(11-14)23-18(24)22(19-20-23)13-21(3)12-16-7-5-4-6-8-16/h4-11H,12-13H2,1-3H3. The normalized spacial score (nSPS) is 11.2. The maximum Gasteiger partial charge on any atom is 0.221 e. The molecule has 0 saturated carbocycles.